The number of rotatable bonds is 2. The summed E-state index contributed by atoms with van der Waals surface area (Å²) in [7, 11) is 0. The number of aliphatic hydroxyl groups is 2. The molecule has 0 bridgehead atoms. The molecule has 2 aromatic rings. The van der Waals surface area contributed by atoms with Crippen LogP contribution < -0.4 is 4.74 Å². The van der Waals surface area contributed by atoms with E-state index in [1.165, 1.54) is 0 Å². The lowest BCUT2D eigenvalue weighted by Gasteiger charge is -2.16. The van der Waals surface area contributed by atoms with E-state index in [0.717, 1.165) is 22.3 Å². The summed E-state index contributed by atoms with van der Waals surface area (Å²) in [5.74, 6) is 0.703. The molecule has 3 heteroatoms. The summed E-state index contributed by atoms with van der Waals surface area (Å²) in [6, 6.07) is 13.4. The van der Waals surface area contributed by atoms with Crippen molar-refractivity contribution >= 4 is 0 Å². The van der Waals surface area contributed by atoms with Gasteiger partial charge in [0.25, 0.3) is 0 Å². The van der Waals surface area contributed by atoms with Gasteiger partial charge in [0.1, 0.15) is 18.5 Å². The first kappa shape index (κ1) is 12.2. The Kier molecular flexibility index (Phi) is 3.23. The van der Waals surface area contributed by atoms with Gasteiger partial charge in [0.15, 0.2) is 0 Å². The van der Waals surface area contributed by atoms with Gasteiger partial charge in [-0.1, -0.05) is 36.4 Å². The van der Waals surface area contributed by atoms with Crippen molar-refractivity contribution in [3.8, 4) is 5.75 Å². The zero-order valence-corrected chi connectivity index (χ0v) is 10.5. The molecule has 98 valence electrons. The van der Waals surface area contributed by atoms with Gasteiger partial charge in [0.05, 0.1) is 0 Å². The molecule has 0 radical (unpaired) electrons. The number of benzene rings is 2. The lowest BCUT2D eigenvalue weighted by molar-refractivity contribution is 0.216. The first-order valence-electron chi connectivity index (χ1n) is 6.42. The van der Waals surface area contributed by atoms with Crippen molar-refractivity contribution in [3.63, 3.8) is 0 Å². The summed E-state index contributed by atoms with van der Waals surface area (Å²) in [5, 5.41) is 19.8. The van der Waals surface area contributed by atoms with Gasteiger partial charge in [-0.05, 0) is 29.2 Å². The molecular formula is C16H16O3. The number of aliphatic hydroxyl groups excluding tert-OH is 2. The Morgan fingerprint density at radius 3 is 2.79 bits per heavy atom. The predicted molar refractivity (Wildman–Crippen MR) is 72.1 cm³/mol. The smallest absolute Gasteiger partial charge is 0.126 e. The van der Waals surface area contributed by atoms with E-state index in [-0.39, 0.29) is 6.61 Å². The largest absolute Gasteiger partial charge is 0.488 e. The summed E-state index contributed by atoms with van der Waals surface area (Å²) in [5.41, 5.74) is 3.60. The highest BCUT2D eigenvalue weighted by Crippen LogP contribution is 2.37. The number of hydrogen-bond acceptors (Lipinski definition) is 3. The molecule has 1 aliphatic rings. The van der Waals surface area contributed by atoms with Gasteiger partial charge in [0, 0.05) is 12.2 Å². The van der Waals surface area contributed by atoms with E-state index in [4.69, 9.17) is 9.84 Å². The second kappa shape index (κ2) is 5.03. The first-order chi connectivity index (χ1) is 9.31. The molecule has 2 N–H and O–H groups in total. The van der Waals surface area contributed by atoms with E-state index in [0.29, 0.717) is 18.8 Å². The van der Waals surface area contributed by atoms with E-state index < -0.39 is 6.10 Å². The number of fused-ring (bicyclic) bond motifs is 2. The second-order valence-corrected chi connectivity index (χ2v) is 4.69. The minimum Gasteiger partial charge on any atom is -0.488 e. The highest BCUT2D eigenvalue weighted by Gasteiger charge is 2.24. The maximum absolute atomic E-state index is 10.6. The predicted octanol–water partition coefficient (Wildman–Crippen LogP) is 2.20. The van der Waals surface area contributed by atoms with Crippen LogP contribution in [-0.4, -0.2) is 16.8 Å². The van der Waals surface area contributed by atoms with Gasteiger partial charge in [-0.25, -0.2) is 0 Å². The highest BCUT2D eigenvalue weighted by atomic mass is 16.5. The maximum atomic E-state index is 10.6. The third-order valence-electron chi connectivity index (χ3n) is 3.54. The minimum atomic E-state index is -0.698. The van der Waals surface area contributed by atoms with Gasteiger partial charge in [-0.3, -0.25) is 0 Å². The molecule has 1 heterocycles. The molecule has 2 aromatic carbocycles. The van der Waals surface area contributed by atoms with Gasteiger partial charge in [0.2, 0.25) is 0 Å². The van der Waals surface area contributed by atoms with Crippen molar-refractivity contribution in [1.29, 1.82) is 0 Å². The molecule has 0 fully saturated rings. The molecule has 0 amide bonds. The van der Waals surface area contributed by atoms with E-state index in [1.807, 2.05) is 42.5 Å². The Morgan fingerprint density at radius 1 is 1.11 bits per heavy atom. The molecule has 3 rings (SSSR count). The fourth-order valence-corrected chi connectivity index (χ4v) is 2.61. The molecule has 1 atom stereocenters. The first-order valence-corrected chi connectivity index (χ1v) is 6.42. The fourth-order valence-electron chi connectivity index (χ4n) is 2.61. The van der Waals surface area contributed by atoms with Gasteiger partial charge in [-0.15, -0.1) is 0 Å². The van der Waals surface area contributed by atoms with E-state index in [1.54, 1.807) is 0 Å². The van der Waals surface area contributed by atoms with Crippen molar-refractivity contribution in [2.24, 2.45) is 0 Å². The second-order valence-electron chi connectivity index (χ2n) is 4.69. The van der Waals surface area contributed by atoms with Crippen molar-refractivity contribution in [2.75, 3.05) is 6.61 Å². The third kappa shape index (κ3) is 2.11. The van der Waals surface area contributed by atoms with Crippen LogP contribution in [0.15, 0.2) is 42.5 Å². The molecule has 0 aromatic heterocycles. The van der Waals surface area contributed by atoms with Crippen LogP contribution in [0.2, 0.25) is 0 Å². The third-order valence-corrected chi connectivity index (χ3v) is 3.54. The summed E-state index contributed by atoms with van der Waals surface area (Å²) in [6.07, 6.45) is -0.178. The maximum Gasteiger partial charge on any atom is 0.126 e. The fraction of sp³-hybridized carbons (Fsp3) is 0.250. The Labute approximate surface area is 112 Å². The highest BCUT2D eigenvalue weighted by molar-refractivity contribution is 5.49. The Morgan fingerprint density at radius 2 is 1.95 bits per heavy atom. The number of ether oxygens (including phenoxy) is 1. The Bertz CT molecular complexity index is 592. The Hall–Kier alpha value is -1.84. The van der Waals surface area contributed by atoms with E-state index in [2.05, 4.69) is 0 Å². The lowest BCUT2D eigenvalue weighted by Crippen LogP contribution is -2.06. The zero-order chi connectivity index (χ0) is 13.2. The summed E-state index contributed by atoms with van der Waals surface area (Å²) in [6.45, 7) is 0.521. The average molecular weight is 256 g/mol. The molecule has 1 aliphatic heterocycles. The van der Waals surface area contributed by atoms with Crippen LogP contribution in [0.3, 0.4) is 0 Å². The quantitative estimate of drug-likeness (QED) is 0.866. The van der Waals surface area contributed by atoms with Crippen LogP contribution in [0.25, 0.3) is 0 Å². The van der Waals surface area contributed by atoms with Gasteiger partial charge in [-0.2, -0.15) is 0 Å². The lowest BCUT2D eigenvalue weighted by atomic mass is 9.93. The standard InChI is InChI=1S/C16H16O3/c17-9-8-11-5-3-7-14-15(11)16(18)13-6-2-1-4-12(13)10-19-14/h1-7,16-18H,8-10H2. The van der Waals surface area contributed by atoms with Crippen LogP contribution in [0, 0.1) is 0 Å². The summed E-state index contributed by atoms with van der Waals surface area (Å²) >= 11 is 0. The van der Waals surface area contributed by atoms with Crippen LogP contribution in [0.4, 0.5) is 0 Å². The summed E-state index contributed by atoms with van der Waals surface area (Å²) < 4.78 is 5.79. The van der Waals surface area contributed by atoms with Crippen LogP contribution in [-0.2, 0) is 13.0 Å². The normalized spacial score (nSPS) is 17.1. The molecule has 3 nitrogen and oxygen atoms in total. The van der Waals surface area contributed by atoms with Crippen molar-refractivity contribution in [1.82, 2.24) is 0 Å². The molecule has 1 unspecified atom stereocenters. The molecule has 0 saturated carbocycles. The van der Waals surface area contributed by atoms with Crippen LogP contribution >= 0.6 is 0 Å². The van der Waals surface area contributed by atoms with Crippen LogP contribution in [0.1, 0.15) is 28.4 Å². The number of hydrogen-bond donors (Lipinski definition) is 2. The monoisotopic (exact) mass is 256 g/mol. The van der Waals surface area contributed by atoms with Crippen molar-refractivity contribution in [2.45, 2.75) is 19.1 Å². The molecule has 0 aliphatic carbocycles. The minimum absolute atomic E-state index is 0.0603. The molecule has 0 spiro atoms. The van der Waals surface area contributed by atoms with Gasteiger partial charge < -0.3 is 14.9 Å². The SMILES string of the molecule is OCCc1cccc2c1C(O)c1ccccc1CO2. The Balaban J connectivity index is 2.15. The summed E-state index contributed by atoms with van der Waals surface area (Å²) in [4.78, 5) is 0. The van der Waals surface area contributed by atoms with E-state index in [9.17, 15) is 5.11 Å². The van der Waals surface area contributed by atoms with Crippen molar-refractivity contribution < 1.29 is 14.9 Å². The topological polar surface area (TPSA) is 49.7 Å². The van der Waals surface area contributed by atoms with Gasteiger partial charge >= 0.3 is 0 Å². The van der Waals surface area contributed by atoms with E-state index >= 15 is 0 Å². The molecular weight excluding hydrogens is 240 g/mol. The van der Waals surface area contributed by atoms with Crippen molar-refractivity contribution in [3.05, 3.63) is 64.7 Å². The van der Waals surface area contributed by atoms with Crippen LogP contribution in [0.5, 0.6) is 5.75 Å². The molecule has 19 heavy (non-hydrogen) atoms. The average Bonchev–Trinajstić information content (AvgIpc) is 2.58. The zero-order valence-electron chi connectivity index (χ0n) is 10.5. The molecule has 0 saturated heterocycles.